The SMILES string of the molecule is CCN(CC)S(=O)(=O)c1ccc(Sc2nnc3sc4ccccc4n23)c([N+](=O)[O-])c1. The topological polar surface area (TPSA) is 111 Å². The molecule has 2 heterocycles. The molecule has 30 heavy (non-hydrogen) atoms. The van der Waals surface area contributed by atoms with E-state index in [2.05, 4.69) is 10.2 Å². The lowest BCUT2D eigenvalue weighted by Crippen LogP contribution is -2.30. The first kappa shape index (κ1) is 20.7. The Balaban J connectivity index is 1.79. The third-order valence-electron chi connectivity index (χ3n) is 4.58. The lowest BCUT2D eigenvalue weighted by Gasteiger charge is -2.18. The molecule has 0 spiro atoms. The Morgan fingerprint density at radius 1 is 1.17 bits per heavy atom. The van der Waals surface area contributed by atoms with Crippen molar-refractivity contribution in [2.75, 3.05) is 13.1 Å². The van der Waals surface area contributed by atoms with Crippen LogP contribution in [0, 0.1) is 10.1 Å². The first-order chi connectivity index (χ1) is 14.4. The van der Waals surface area contributed by atoms with Gasteiger partial charge >= 0.3 is 0 Å². The number of sulfonamides is 1. The van der Waals surface area contributed by atoms with Crippen LogP contribution in [0.5, 0.6) is 0 Å². The van der Waals surface area contributed by atoms with Gasteiger partial charge in [0, 0.05) is 19.2 Å². The number of nitro groups is 1. The zero-order chi connectivity index (χ0) is 21.5. The van der Waals surface area contributed by atoms with Crippen molar-refractivity contribution in [1.29, 1.82) is 0 Å². The molecule has 0 radical (unpaired) electrons. The molecule has 2 aromatic carbocycles. The highest BCUT2D eigenvalue weighted by atomic mass is 32.2. The minimum atomic E-state index is -3.80. The number of thiazole rings is 1. The minimum absolute atomic E-state index is 0.102. The molecule has 0 aliphatic rings. The summed E-state index contributed by atoms with van der Waals surface area (Å²) in [4.78, 5) is 12.0. The molecule has 0 fully saturated rings. The fraction of sp³-hybridized carbons (Fsp3) is 0.222. The fourth-order valence-electron chi connectivity index (χ4n) is 3.12. The summed E-state index contributed by atoms with van der Waals surface area (Å²) in [5.74, 6) is 0. The van der Waals surface area contributed by atoms with Crippen LogP contribution in [0.4, 0.5) is 5.69 Å². The average Bonchev–Trinajstić information content (AvgIpc) is 3.28. The smallest absolute Gasteiger partial charge is 0.260 e. The molecule has 2 aromatic heterocycles. The standard InChI is InChI=1S/C18H17N5O4S3/c1-3-21(4-2)30(26,27)12-9-10-16(14(11-12)23(24)25)29-18-20-19-17-22(18)13-7-5-6-8-15(13)28-17/h5-11H,3-4H2,1-2H3. The number of nitrogens with zero attached hydrogens (tertiary/aromatic N) is 5. The Hall–Kier alpha value is -2.54. The minimum Gasteiger partial charge on any atom is -0.260 e. The van der Waals surface area contributed by atoms with Gasteiger partial charge in [-0.1, -0.05) is 37.3 Å². The molecular weight excluding hydrogens is 446 g/mol. The van der Waals surface area contributed by atoms with Gasteiger partial charge in [0.15, 0.2) is 0 Å². The van der Waals surface area contributed by atoms with Crippen LogP contribution < -0.4 is 0 Å². The molecule has 0 unspecified atom stereocenters. The highest BCUT2D eigenvalue weighted by Gasteiger charge is 2.27. The second kappa shape index (κ2) is 7.95. The van der Waals surface area contributed by atoms with Crippen LogP contribution in [0.25, 0.3) is 15.2 Å². The largest absolute Gasteiger partial charge is 0.284 e. The molecule has 0 amide bonds. The normalized spacial score (nSPS) is 12.2. The molecule has 0 saturated heterocycles. The van der Waals surface area contributed by atoms with Gasteiger partial charge in [0.2, 0.25) is 20.1 Å². The van der Waals surface area contributed by atoms with Gasteiger partial charge in [-0.2, -0.15) is 4.31 Å². The summed E-state index contributed by atoms with van der Waals surface area (Å²) in [6.07, 6.45) is 0. The Kier molecular flexibility index (Phi) is 5.49. The molecule has 9 nitrogen and oxygen atoms in total. The Bertz CT molecular complexity index is 1360. The highest BCUT2D eigenvalue weighted by molar-refractivity contribution is 7.99. The maximum Gasteiger partial charge on any atom is 0.284 e. The van der Waals surface area contributed by atoms with Crippen molar-refractivity contribution in [2.24, 2.45) is 0 Å². The zero-order valence-electron chi connectivity index (χ0n) is 16.0. The van der Waals surface area contributed by atoms with E-state index in [0.717, 1.165) is 28.0 Å². The van der Waals surface area contributed by atoms with E-state index in [1.54, 1.807) is 13.8 Å². The van der Waals surface area contributed by atoms with Gasteiger partial charge in [-0.15, -0.1) is 10.2 Å². The first-order valence-corrected chi connectivity index (χ1v) is 12.1. The molecule has 4 rings (SSSR count). The Morgan fingerprint density at radius 2 is 1.90 bits per heavy atom. The molecular formula is C18H17N5O4S3. The monoisotopic (exact) mass is 463 g/mol. The van der Waals surface area contributed by atoms with Crippen molar-refractivity contribution < 1.29 is 13.3 Å². The van der Waals surface area contributed by atoms with Crippen LogP contribution in [0.15, 0.2) is 57.4 Å². The van der Waals surface area contributed by atoms with Crippen molar-refractivity contribution in [3.05, 3.63) is 52.6 Å². The summed E-state index contributed by atoms with van der Waals surface area (Å²) < 4.78 is 29.6. The third-order valence-corrected chi connectivity index (χ3v) is 8.65. The number of aromatic nitrogens is 3. The molecule has 0 aliphatic heterocycles. The van der Waals surface area contributed by atoms with Gasteiger partial charge in [0.25, 0.3) is 5.69 Å². The molecule has 0 atom stereocenters. The predicted molar refractivity (Wildman–Crippen MR) is 116 cm³/mol. The molecule has 0 saturated carbocycles. The van der Waals surface area contributed by atoms with Crippen LogP contribution in [-0.4, -0.2) is 45.3 Å². The van der Waals surface area contributed by atoms with Gasteiger partial charge in [-0.3, -0.25) is 14.5 Å². The molecule has 156 valence electrons. The maximum absolute atomic E-state index is 12.8. The van der Waals surface area contributed by atoms with Gasteiger partial charge in [0.1, 0.15) is 0 Å². The van der Waals surface area contributed by atoms with Gasteiger partial charge in [-0.05, 0) is 36.0 Å². The molecule has 0 N–H and O–H groups in total. The third kappa shape index (κ3) is 3.45. The lowest BCUT2D eigenvalue weighted by atomic mass is 10.3. The van der Waals surface area contributed by atoms with Crippen molar-refractivity contribution in [3.63, 3.8) is 0 Å². The zero-order valence-corrected chi connectivity index (χ0v) is 18.5. The summed E-state index contributed by atoms with van der Waals surface area (Å²) in [6, 6.07) is 11.7. The van der Waals surface area contributed by atoms with E-state index in [9.17, 15) is 18.5 Å². The number of hydrogen-bond donors (Lipinski definition) is 0. The lowest BCUT2D eigenvalue weighted by molar-refractivity contribution is -0.388. The second-order valence-corrected chi connectivity index (χ2v) is 10.2. The number of benzene rings is 2. The number of hydrogen-bond acceptors (Lipinski definition) is 8. The average molecular weight is 464 g/mol. The van der Waals surface area contributed by atoms with Crippen LogP contribution in [0.2, 0.25) is 0 Å². The number of para-hydroxylation sites is 1. The quantitative estimate of drug-likeness (QED) is 0.300. The summed E-state index contributed by atoms with van der Waals surface area (Å²) in [5.41, 5.74) is 0.623. The Morgan fingerprint density at radius 3 is 2.60 bits per heavy atom. The van der Waals surface area contributed by atoms with Gasteiger partial charge < -0.3 is 0 Å². The van der Waals surface area contributed by atoms with E-state index in [0.29, 0.717) is 15.0 Å². The van der Waals surface area contributed by atoms with Gasteiger partial charge in [0.05, 0.1) is 24.9 Å². The van der Waals surface area contributed by atoms with Crippen LogP contribution in [0.3, 0.4) is 0 Å². The Labute approximate surface area is 180 Å². The van der Waals surface area contributed by atoms with Crippen LogP contribution in [0.1, 0.15) is 13.8 Å². The van der Waals surface area contributed by atoms with Crippen molar-refractivity contribution >= 4 is 54.0 Å². The van der Waals surface area contributed by atoms with Crippen molar-refractivity contribution in [3.8, 4) is 0 Å². The first-order valence-electron chi connectivity index (χ1n) is 9.06. The molecule has 4 aromatic rings. The summed E-state index contributed by atoms with van der Waals surface area (Å²) in [5, 5.41) is 20.5. The second-order valence-electron chi connectivity index (χ2n) is 6.25. The van der Waals surface area contributed by atoms with E-state index in [4.69, 9.17) is 0 Å². The maximum atomic E-state index is 12.8. The number of rotatable bonds is 7. The summed E-state index contributed by atoms with van der Waals surface area (Å²) in [6.45, 7) is 4.01. The summed E-state index contributed by atoms with van der Waals surface area (Å²) in [7, 11) is -3.80. The number of fused-ring (bicyclic) bond motifs is 3. The molecule has 0 bridgehead atoms. The van der Waals surface area contributed by atoms with E-state index in [1.165, 1.54) is 27.8 Å². The van der Waals surface area contributed by atoms with Crippen LogP contribution >= 0.6 is 23.1 Å². The summed E-state index contributed by atoms with van der Waals surface area (Å²) >= 11 is 2.56. The van der Waals surface area contributed by atoms with Crippen LogP contribution in [-0.2, 0) is 10.0 Å². The number of nitro benzene ring substituents is 1. The highest BCUT2D eigenvalue weighted by Crippen LogP contribution is 2.38. The van der Waals surface area contributed by atoms with E-state index < -0.39 is 14.9 Å². The molecule has 12 heteroatoms. The van der Waals surface area contributed by atoms with Gasteiger partial charge in [-0.25, -0.2) is 8.42 Å². The van der Waals surface area contributed by atoms with E-state index in [1.807, 2.05) is 28.7 Å². The van der Waals surface area contributed by atoms with Crippen molar-refractivity contribution in [1.82, 2.24) is 18.9 Å². The fourth-order valence-corrected chi connectivity index (χ4v) is 6.55. The van der Waals surface area contributed by atoms with E-state index in [-0.39, 0.29) is 23.7 Å². The molecule has 0 aliphatic carbocycles. The van der Waals surface area contributed by atoms with Crippen molar-refractivity contribution in [2.45, 2.75) is 28.8 Å². The predicted octanol–water partition coefficient (Wildman–Crippen LogP) is 4.03. The van der Waals surface area contributed by atoms with E-state index >= 15 is 0 Å².